The van der Waals surface area contributed by atoms with Crippen LogP contribution < -0.4 is 5.32 Å². The van der Waals surface area contributed by atoms with Crippen LogP contribution in [0, 0.1) is 0 Å². The summed E-state index contributed by atoms with van der Waals surface area (Å²) >= 11 is 3.32. The van der Waals surface area contributed by atoms with Gasteiger partial charge in [-0.2, -0.15) is 4.31 Å². The van der Waals surface area contributed by atoms with Gasteiger partial charge in [0.2, 0.25) is 10.0 Å². The molecule has 0 aliphatic rings. The summed E-state index contributed by atoms with van der Waals surface area (Å²) in [5.41, 5.74) is 0.327. The molecular formula is C16H26BrN3O3S. The van der Waals surface area contributed by atoms with Gasteiger partial charge in [-0.25, -0.2) is 8.42 Å². The van der Waals surface area contributed by atoms with E-state index in [0.29, 0.717) is 29.7 Å². The molecule has 0 aromatic heterocycles. The second-order valence-corrected chi connectivity index (χ2v) is 8.44. The average Bonchev–Trinajstić information content (AvgIpc) is 2.52. The predicted octanol–water partition coefficient (Wildman–Crippen LogP) is 2.16. The van der Waals surface area contributed by atoms with Crippen molar-refractivity contribution in [2.75, 3.05) is 40.3 Å². The Bertz CT molecular complexity index is 659. The van der Waals surface area contributed by atoms with Crippen LogP contribution in [-0.2, 0) is 10.0 Å². The van der Waals surface area contributed by atoms with E-state index in [-0.39, 0.29) is 10.8 Å². The first kappa shape index (κ1) is 21.1. The van der Waals surface area contributed by atoms with Crippen LogP contribution >= 0.6 is 15.9 Å². The molecule has 1 aromatic carbocycles. The van der Waals surface area contributed by atoms with E-state index in [1.165, 1.54) is 16.4 Å². The number of nitrogens with one attached hydrogen (secondary N) is 1. The Morgan fingerprint density at radius 2 is 1.83 bits per heavy atom. The summed E-state index contributed by atoms with van der Waals surface area (Å²) in [6.07, 6.45) is 0.827. The van der Waals surface area contributed by atoms with Gasteiger partial charge in [-0.15, -0.1) is 0 Å². The number of carbonyl (C=O) groups is 1. The lowest BCUT2D eigenvalue weighted by molar-refractivity contribution is 0.0951. The first-order valence-electron chi connectivity index (χ1n) is 7.96. The zero-order valence-electron chi connectivity index (χ0n) is 14.7. The molecule has 24 heavy (non-hydrogen) atoms. The lowest BCUT2D eigenvalue weighted by Crippen LogP contribution is -2.31. The van der Waals surface area contributed by atoms with Crippen LogP contribution in [0.3, 0.4) is 0 Å². The first-order valence-corrected chi connectivity index (χ1v) is 10.2. The quantitative estimate of drug-likeness (QED) is 0.622. The van der Waals surface area contributed by atoms with E-state index in [0.717, 1.165) is 13.0 Å². The van der Waals surface area contributed by atoms with Gasteiger partial charge in [0.05, 0.1) is 10.5 Å². The second kappa shape index (κ2) is 9.50. The predicted molar refractivity (Wildman–Crippen MR) is 99.8 cm³/mol. The SMILES string of the molecule is CCN(CC)S(=O)(=O)c1ccc(Br)c(C(=O)NCCCN(C)C)c1. The Kier molecular flexibility index (Phi) is 8.35. The maximum absolute atomic E-state index is 12.6. The molecular weight excluding hydrogens is 394 g/mol. The molecule has 0 saturated heterocycles. The summed E-state index contributed by atoms with van der Waals surface area (Å²) < 4.78 is 27.1. The molecule has 6 nitrogen and oxygen atoms in total. The molecule has 0 fully saturated rings. The number of benzene rings is 1. The zero-order valence-corrected chi connectivity index (χ0v) is 17.1. The molecule has 1 amide bonds. The molecule has 0 saturated carbocycles. The van der Waals surface area contributed by atoms with Crippen molar-refractivity contribution < 1.29 is 13.2 Å². The highest BCUT2D eigenvalue weighted by molar-refractivity contribution is 9.10. The van der Waals surface area contributed by atoms with Gasteiger partial charge in [0, 0.05) is 24.1 Å². The fourth-order valence-corrected chi connectivity index (χ4v) is 4.16. The second-order valence-electron chi connectivity index (χ2n) is 5.64. The van der Waals surface area contributed by atoms with Crippen molar-refractivity contribution >= 4 is 31.9 Å². The van der Waals surface area contributed by atoms with Gasteiger partial charge in [0.25, 0.3) is 5.91 Å². The Labute approximate surface area is 153 Å². The molecule has 1 aromatic rings. The van der Waals surface area contributed by atoms with Crippen LogP contribution in [0.2, 0.25) is 0 Å². The maximum atomic E-state index is 12.6. The smallest absolute Gasteiger partial charge is 0.252 e. The highest BCUT2D eigenvalue weighted by atomic mass is 79.9. The monoisotopic (exact) mass is 419 g/mol. The Balaban J connectivity index is 2.96. The van der Waals surface area contributed by atoms with Crippen molar-refractivity contribution in [2.24, 2.45) is 0 Å². The lowest BCUT2D eigenvalue weighted by Gasteiger charge is -2.19. The molecule has 0 radical (unpaired) electrons. The van der Waals surface area contributed by atoms with E-state index in [1.807, 2.05) is 19.0 Å². The van der Waals surface area contributed by atoms with Crippen LogP contribution in [0.4, 0.5) is 0 Å². The molecule has 0 aliphatic heterocycles. The molecule has 0 atom stereocenters. The van der Waals surface area contributed by atoms with E-state index in [2.05, 4.69) is 21.2 Å². The molecule has 1 N–H and O–H groups in total. The van der Waals surface area contributed by atoms with Crippen molar-refractivity contribution in [3.8, 4) is 0 Å². The first-order chi connectivity index (χ1) is 11.2. The van der Waals surface area contributed by atoms with Gasteiger partial charge >= 0.3 is 0 Å². The summed E-state index contributed by atoms with van der Waals surface area (Å²) in [5, 5.41) is 2.83. The molecule has 0 aliphatic carbocycles. The fourth-order valence-electron chi connectivity index (χ4n) is 2.24. The van der Waals surface area contributed by atoms with E-state index >= 15 is 0 Å². The van der Waals surface area contributed by atoms with Gasteiger partial charge < -0.3 is 10.2 Å². The van der Waals surface area contributed by atoms with Gasteiger partial charge in [0.1, 0.15) is 0 Å². The molecule has 0 spiro atoms. The molecule has 8 heteroatoms. The number of halogens is 1. The number of carbonyl (C=O) groups excluding carboxylic acids is 1. The number of nitrogens with zero attached hydrogens (tertiary/aromatic N) is 2. The maximum Gasteiger partial charge on any atom is 0.252 e. The summed E-state index contributed by atoms with van der Waals surface area (Å²) in [7, 11) is 0.360. The normalized spacial score (nSPS) is 12.0. The van der Waals surface area contributed by atoms with Crippen molar-refractivity contribution in [3.63, 3.8) is 0 Å². The van der Waals surface area contributed by atoms with Crippen LogP contribution in [0.15, 0.2) is 27.6 Å². The third-order valence-corrected chi connectivity index (χ3v) is 6.33. The van der Waals surface area contributed by atoms with Crippen LogP contribution in [-0.4, -0.2) is 63.8 Å². The summed E-state index contributed by atoms with van der Waals surface area (Å²) in [6.45, 7) is 5.77. The third-order valence-electron chi connectivity index (χ3n) is 3.59. The van der Waals surface area contributed by atoms with Crippen molar-refractivity contribution in [1.29, 1.82) is 0 Å². The van der Waals surface area contributed by atoms with Gasteiger partial charge in [-0.1, -0.05) is 13.8 Å². The van der Waals surface area contributed by atoms with Crippen molar-refractivity contribution in [1.82, 2.24) is 14.5 Å². The zero-order chi connectivity index (χ0) is 18.3. The third kappa shape index (κ3) is 5.54. The molecule has 0 heterocycles. The Morgan fingerprint density at radius 3 is 2.38 bits per heavy atom. The molecule has 0 bridgehead atoms. The summed E-state index contributed by atoms with van der Waals surface area (Å²) in [5.74, 6) is -0.280. The van der Waals surface area contributed by atoms with E-state index in [4.69, 9.17) is 0 Å². The molecule has 1 rings (SSSR count). The topological polar surface area (TPSA) is 69.7 Å². The number of amides is 1. The summed E-state index contributed by atoms with van der Waals surface area (Å²) in [6, 6.07) is 4.55. The number of hydrogen-bond acceptors (Lipinski definition) is 4. The van der Waals surface area contributed by atoms with Crippen LogP contribution in [0.5, 0.6) is 0 Å². The van der Waals surface area contributed by atoms with Gasteiger partial charge in [-0.3, -0.25) is 4.79 Å². The van der Waals surface area contributed by atoms with Gasteiger partial charge in [0.15, 0.2) is 0 Å². The van der Waals surface area contributed by atoms with E-state index < -0.39 is 10.0 Å². The summed E-state index contributed by atoms with van der Waals surface area (Å²) in [4.78, 5) is 14.5. The molecule has 136 valence electrons. The lowest BCUT2D eigenvalue weighted by atomic mass is 10.2. The van der Waals surface area contributed by atoms with Crippen molar-refractivity contribution in [3.05, 3.63) is 28.2 Å². The minimum atomic E-state index is -3.58. The van der Waals surface area contributed by atoms with Crippen LogP contribution in [0.25, 0.3) is 0 Å². The minimum absolute atomic E-state index is 0.132. The Morgan fingerprint density at radius 1 is 1.21 bits per heavy atom. The fraction of sp³-hybridized carbons (Fsp3) is 0.562. The van der Waals surface area contributed by atoms with Crippen molar-refractivity contribution in [2.45, 2.75) is 25.2 Å². The Hall–Kier alpha value is -0.960. The number of sulfonamides is 1. The minimum Gasteiger partial charge on any atom is -0.352 e. The average molecular weight is 420 g/mol. The molecule has 0 unspecified atom stereocenters. The number of hydrogen-bond donors (Lipinski definition) is 1. The number of rotatable bonds is 9. The van der Waals surface area contributed by atoms with Gasteiger partial charge in [-0.05, 0) is 61.2 Å². The largest absolute Gasteiger partial charge is 0.352 e. The van der Waals surface area contributed by atoms with E-state index in [9.17, 15) is 13.2 Å². The standard InChI is InChI=1S/C16H26BrN3O3S/c1-5-20(6-2)24(22,23)13-8-9-15(17)14(12-13)16(21)18-10-7-11-19(3)4/h8-9,12H,5-7,10-11H2,1-4H3,(H,18,21). The highest BCUT2D eigenvalue weighted by Crippen LogP contribution is 2.23. The highest BCUT2D eigenvalue weighted by Gasteiger charge is 2.23. The van der Waals surface area contributed by atoms with Crippen LogP contribution in [0.1, 0.15) is 30.6 Å². The van der Waals surface area contributed by atoms with E-state index in [1.54, 1.807) is 19.9 Å².